The molecule has 5 nitrogen and oxygen atoms in total. The molecule has 2 N–H and O–H groups in total. The first kappa shape index (κ1) is 10.2. The van der Waals surface area contributed by atoms with Gasteiger partial charge in [0.05, 0.1) is 16.6 Å². The Hall–Kier alpha value is -1.93. The summed E-state index contributed by atoms with van der Waals surface area (Å²) in [4.78, 5) is 10.1. The molecule has 1 aromatic carbocycles. The van der Waals surface area contributed by atoms with E-state index in [1.54, 1.807) is 6.07 Å². The molecule has 0 aliphatic carbocycles. The zero-order valence-corrected chi connectivity index (χ0v) is 7.60. The van der Waals surface area contributed by atoms with E-state index in [4.69, 9.17) is 11.0 Å². The second-order valence-corrected chi connectivity index (χ2v) is 3.09. The van der Waals surface area contributed by atoms with Crippen molar-refractivity contribution in [1.29, 1.82) is 5.26 Å². The van der Waals surface area contributed by atoms with Gasteiger partial charge in [-0.1, -0.05) is 12.1 Å². The summed E-state index contributed by atoms with van der Waals surface area (Å²) in [6, 6.07) is 7.80. The Labute approximate surface area is 80.9 Å². The van der Waals surface area contributed by atoms with Crippen LogP contribution in [0.15, 0.2) is 24.3 Å². The van der Waals surface area contributed by atoms with Gasteiger partial charge in [0.15, 0.2) is 0 Å². The zero-order chi connectivity index (χ0) is 10.8. The average Bonchev–Trinajstić information content (AvgIpc) is 2.18. The number of benzene rings is 1. The van der Waals surface area contributed by atoms with E-state index in [9.17, 15) is 10.1 Å². The predicted octanol–water partition coefficient (Wildman–Crippen LogP) is 1.29. The highest BCUT2D eigenvalue weighted by Gasteiger charge is 2.28. The van der Waals surface area contributed by atoms with Crippen LogP contribution in [0.4, 0.5) is 5.69 Å². The van der Waals surface area contributed by atoms with Crippen LogP contribution in [0.5, 0.6) is 0 Å². The summed E-state index contributed by atoms with van der Waals surface area (Å²) in [7, 11) is 0. The molecule has 0 aliphatic heterocycles. The van der Waals surface area contributed by atoms with Gasteiger partial charge in [0.25, 0.3) is 5.69 Å². The SMILES string of the molecule is C[C@@](N)(C#N)c1ccccc1[N+](=O)[O-]. The van der Waals surface area contributed by atoms with Gasteiger partial charge in [-0.2, -0.15) is 5.26 Å². The van der Waals surface area contributed by atoms with Crippen molar-refractivity contribution in [2.45, 2.75) is 12.5 Å². The molecule has 0 unspecified atom stereocenters. The van der Waals surface area contributed by atoms with E-state index >= 15 is 0 Å². The summed E-state index contributed by atoms with van der Waals surface area (Å²) in [5, 5.41) is 19.4. The third-order valence-corrected chi connectivity index (χ3v) is 1.89. The summed E-state index contributed by atoms with van der Waals surface area (Å²) in [5.74, 6) is 0. The quantitative estimate of drug-likeness (QED) is 0.563. The number of nitrogens with two attached hydrogens (primary N) is 1. The van der Waals surface area contributed by atoms with Gasteiger partial charge in [0, 0.05) is 6.07 Å². The van der Waals surface area contributed by atoms with Crippen LogP contribution < -0.4 is 5.73 Å². The van der Waals surface area contributed by atoms with E-state index < -0.39 is 10.5 Å². The summed E-state index contributed by atoms with van der Waals surface area (Å²) in [6.45, 7) is 1.44. The van der Waals surface area contributed by atoms with E-state index in [1.807, 2.05) is 6.07 Å². The first-order chi connectivity index (χ1) is 6.49. The molecule has 0 spiro atoms. The van der Waals surface area contributed by atoms with Crippen LogP contribution in [0.25, 0.3) is 0 Å². The fraction of sp³-hybridized carbons (Fsp3) is 0.222. The molecular formula is C9H9N3O2. The highest BCUT2D eigenvalue weighted by atomic mass is 16.6. The van der Waals surface area contributed by atoms with Crippen molar-refractivity contribution in [3.8, 4) is 6.07 Å². The van der Waals surface area contributed by atoms with E-state index in [2.05, 4.69) is 0 Å². The number of rotatable bonds is 2. The van der Waals surface area contributed by atoms with Crippen molar-refractivity contribution in [2.24, 2.45) is 5.73 Å². The Balaban J connectivity index is 3.36. The topological polar surface area (TPSA) is 93.0 Å². The summed E-state index contributed by atoms with van der Waals surface area (Å²) in [5.41, 5.74) is 4.38. The van der Waals surface area contributed by atoms with Gasteiger partial charge in [0.1, 0.15) is 5.54 Å². The standard InChI is InChI=1S/C9H9N3O2/c1-9(11,6-10)7-4-2-3-5-8(7)12(13)14/h2-5H,11H2,1H3/t9-/m1/s1. The van der Waals surface area contributed by atoms with Crippen LogP contribution in [-0.4, -0.2) is 4.92 Å². The monoisotopic (exact) mass is 191 g/mol. The number of nitro groups is 1. The number of para-hydroxylation sites is 1. The van der Waals surface area contributed by atoms with E-state index in [0.29, 0.717) is 0 Å². The van der Waals surface area contributed by atoms with Gasteiger partial charge in [-0.05, 0) is 13.0 Å². The molecule has 0 fully saturated rings. The molecule has 1 aromatic rings. The van der Waals surface area contributed by atoms with Crippen LogP contribution in [0.1, 0.15) is 12.5 Å². The molecule has 1 atom stereocenters. The van der Waals surface area contributed by atoms with Gasteiger partial charge in [-0.25, -0.2) is 0 Å². The van der Waals surface area contributed by atoms with E-state index in [0.717, 1.165) is 0 Å². The highest BCUT2D eigenvalue weighted by Crippen LogP contribution is 2.26. The Morgan fingerprint density at radius 2 is 2.14 bits per heavy atom. The smallest absolute Gasteiger partial charge is 0.275 e. The highest BCUT2D eigenvalue weighted by molar-refractivity contribution is 5.46. The van der Waals surface area contributed by atoms with Crippen molar-refractivity contribution in [2.75, 3.05) is 0 Å². The summed E-state index contributed by atoms with van der Waals surface area (Å²) >= 11 is 0. The molecule has 5 heteroatoms. The first-order valence-electron chi connectivity index (χ1n) is 3.93. The Kier molecular flexibility index (Phi) is 2.49. The maximum Gasteiger partial charge on any atom is 0.275 e. The van der Waals surface area contributed by atoms with Gasteiger partial charge >= 0.3 is 0 Å². The van der Waals surface area contributed by atoms with Crippen molar-refractivity contribution in [3.05, 3.63) is 39.9 Å². The molecule has 0 radical (unpaired) electrons. The van der Waals surface area contributed by atoms with Crippen LogP contribution in [0.2, 0.25) is 0 Å². The van der Waals surface area contributed by atoms with Gasteiger partial charge < -0.3 is 5.73 Å². The minimum absolute atomic E-state index is 0.126. The molecule has 0 aromatic heterocycles. The Morgan fingerprint density at radius 3 is 2.64 bits per heavy atom. The minimum atomic E-state index is -1.33. The van der Waals surface area contributed by atoms with Crippen LogP contribution >= 0.6 is 0 Å². The summed E-state index contributed by atoms with van der Waals surface area (Å²) in [6.07, 6.45) is 0. The maximum absolute atomic E-state index is 10.6. The van der Waals surface area contributed by atoms with Crippen LogP contribution in [0.3, 0.4) is 0 Å². The fourth-order valence-electron chi connectivity index (χ4n) is 1.13. The van der Waals surface area contributed by atoms with Gasteiger partial charge in [-0.3, -0.25) is 10.1 Å². The van der Waals surface area contributed by atoms with E-state index in [1.165, 1.54) is 25.1 Å². The Bertz CT molecular complexity index is 407. The third kappa shape index (κ3) is 1.70. The molecular weight excluding hydrogens is 182 g/mol. The van der Waals surface area contributed by atoms with Gasteiger partial charge in [-0.15, -0.1) is 0 Å². The minimum Gasteiger partial charge on any atom is -0.310 e. The lowest BCUT2D eigenvalue weighted by Crippen LogP contribution is -2.31. The normalized spacial score (nSPS) is 14.1. The lowest BCUT2D eigenvalue weighted by Gasteiger charge is -2.15. The fourth-order valence-corrected chi connectivity index (χ4v) is 1.13. The molecule has 0 heterocycles. The average molecular weight is 191 g/mol. The number of nitriles is 1. The lowest BCUT2D eigenvalue weighted by atomic mass is 9.93. The maximum atomic E-state index is 10.6. The molecule has 0 saturated heterocycles. The third-order valence-electron chi connectivity index (χ3n) is 1.89. The molecule has 14 heavy (non-hydrogen) atoms. The molecule has 0 saturated carbocycles. The van der Waals surface area contributed by atoms with Crippen molar-refractivity contribution in [1.82, 2.24) is 0 Å². The second-order valence-electron chi connectivity index (χ2n) is 3.09. The van der Waals surface area contributed by atoms with Crippen molar-refractivity contribution >= 4 is 5.69 Å². The number of hydrogen-bond donors (Lipinski definition) is 1. The van der Waals surface area contributed by atoms with E-state index in [-0.39, 0.29) is 11.3 Å². The molecule has 1 rings (SSSR count). The number of nitrogens with zero attached hydrogens (tertiary/aromatic N) is 2. The lowest BCUT2D eigenvalue weighted by molar-refractivity contribution is -0.385. The van der Waals surface area contributed by atoms with Crippen LogP contribution in [0, 0.1) is 21.4 Å². The molecule has 72 valence electrons. The van der Waals surface area contributed by atoms with Crippen molar-refractivity contribution < 1.29 is 4.92 Å². The number of hydrogen-bond acceptors (Lipinski definition) is 4. The molecule has 0 aliphatic rings. The van der Waals surface area contributed by atoms with Crippen molar-refractivity contribution in [3.63, 3.8) is 0 Å². The summed E-state index contributed by atoms with van der Waals surface area (Å²) < 4.78 is 0. The van der Waals surface area contributed by atoms with Gasteiger partial charge in [0.2, 0.25) is 0 Å². The zero-order valence-electron chi connectivity index (χ0n) is 7.60. The largest absolute Gasteiger partial charge is 0.310 e. The first-order valence-corrected chi connectivity index (χ1v) is 3.93. The predicted molar refractivity (Wildman–Crippen MR) is 50.2 cm³/mol. The second kappa shape index (κ2) is 3.44. The van der Waals surface area contributed by atoms with Crippen LogP contribution in [-0.2, 0) is 5.54 Å². The number of nitro benzene ring substituents is 1. The Morgan fingerprint density at radius 1 is 1.57 bits per heavy atom. The molecule has 0 amide bonds. The molecule has 0 bridgehead atoms.